The van der Waals surface area contributed by atoms with Gasteiger partial charge in [0.05, 0.1) is 12.5 Å². The van der Waals surface area contributed by atoms with Gasteiger partial charge in [-0.2, -0.15) is 0 Å². The molecule has 2 nitrogen and oxygen atoms in total. The zero-order valence-electron chi connectivity index (χ0n) is 10.4. The molecule has 1 saturated carbocycles. The van der Waals surface area contributed by atoms with Gasteiger partial charge in [-0.15, -0.1) is 0 Å². The van der Waals surface area contributed by atoms with Gasteiger partial charge in [0.15, 0.2) is 0 Å². The minimum absolute atomic E-state index is 0.399. The fourth-order valence-electron chi connectivity index (χ4n) is 2.78. The van der Waals surface area contributed by atoms with Gasteiger partial charge in [0.2, 0.25) is 0 Å². The molecule has 0 aromatic carbocycles. The molecule has 90 valence electrons. The van der Waals surface area contributed by atoms with Gasteiger partial charge < -0.3 is 9.73 Å². The van der Waals surface area contributed by atoms with Crippen LogP contribution in [0, 0.1) is 5.92 Å². The molecule has 0 aliphatic heterocycles. The number of hydrogen-bond donors (Lipinski definition) is 1. The first-order valence-corrected chi connectivity index (χ1v) is 6.55. The lowest BCUT2D eigenvalue weighted by Gasteiger charge is -2.30. The van der Waals surface area contributed by atoms with Crippen molar-refractivity contribution in [3.63, 3.8) is 0 Å². The highest BCUT2D eigenvalue weighted by Crippen LogP contribution is 2.27. The van der Waals surface area contributed by atoms with E-state index in [0.29, 0.717) is 12.1 Å². The molecule has 0 amide bonds. The average Bonchev–Trinajstić information content (AvgIpc) is 2.83. The van der Waals surface area contributed by atoms with Crippen molar-refractivity contribution in [1.29, 1.82) is 0 Å². The van der Waals surface area contributed by atoms with Crippen LogP contribution in [0.3, 0.4) is 0 Å². The molecule has 1 unspecified atom stereocenters. The van der Waals surface area contributed by atoms with Crippen molar-refractivity contribution in [2.45, 2.75) is 58.0 Å². The molecule has 0 saturated heterocycles. The highest BCUT2D eigenvalue weighted by molar-refractivity contribution is 5.10. The molecule has 0 bridgehead atoms. The van der Waals surface area contributed by atoms with Crippen LogP contribution in [0.1, 0.15) is 57.6 Å². The molecule has 1 aromatic heterocycles. The van der Waals surface area contributed by atoms with Gasteiger partial charge in [0, 0.05) is 17.6 Å². The maximum atomic E-state index is 5.12. The van der Waals surface area contributed by atoms with Crippen molar-refractivity contribution in [1.82, 2.24) is 5.32 Å². The Hall–Kier alpha value is -0.760. The summed E-state index contributed by atoms with van der Waals surface area (Å²) in [6.07, 6.45) is 10.6. The average molecular weight is 221 g/mol. The first-order chi connectivity index (χ1) is 7.77. The SMILES string of the molecule is CC(N[C@@H](C)C1CCCCC1)c1ccoc1. The number of furan rings is 1. The summed E-state index contributed by atoms with van der Waals surface area (Å²) in [5.41, 5.74) is 1.25. The normalized spacial score (nSPS) is 21.9. The van der Waals surface area contributed by atoms with Crippen LogP contribution in [0.25, 0.3) is 0 Å². The van der Waals surface area contributed by atoms with Crippen molar-refractivity contribution in [3.8, 4) is 0 Å². The van der Waals surface area contributed by atoms with E-state index in [9.17, 15) is 0 Å². The molecular formula is C14H23NO. The second-order valence-corrected chi connectivity index (χ2v) is 5.13. The minimum atomic E-state index is 0.399. The van der Waals surface area contributed by atoms with Crippen LogP contribution >= 0.6 is 0 Å². The van der Waals surface area contributed by atoms with Crippen LogP contribution in [0.15, 0.2) is 23.0 Å². The molecule has 1 fully saturated rings. The molecule has 2 rings (SSSR count). The molecule has 0 spiro atoms. The van der Waals surface area contributed by atoms with E-state index in [4.69, 9.17) is 4.42 Å². The van der Waals surface area contributed by atoms with E-state index in [2.05, 4.69) is 19.2 Å². The second kappa shape index (κ2) is 5.53. The highest BCUT2D eigenvalue weighted by Gasteiger charge is 2.21. The van der Waals surface area contributed by atoms with Crippen LogP contribution in [0.2, 0.25) is 0 Å². The van der Waals surface area contributed by atoms with Gasteiger partial charge in [-0.3, -0.25) is 0 Å². The molecule has 16 heavy (non-hydrogen) atoms. The topological polar surface area (TPSA) is 25.2 Å². The second-order valence-electron chi connectivity index (χ2n) is 5.13. The molecule has 2 atom stereocenters. The Morgan fingerprint density at radius 3 is 2.62 bits per heavy atom. The maximum Gasteiger partial charge on any atom is 0.0950 e. The Balaban J connectivity index is 1.84. The quantitative estimate of drug-likeness (QED) is 0.834. The summed E-state index contributed by atoms with van der Waals surface area (Å²) in [4.78, 5) is 0. The molecule has 1 N–H and O–H groups in total. The molecule has 0 radical (unpaired) electrons. The highest BCUT2D eigenvalue weighted by atomic mass is 16.3. The summed E-state index contributed by atoms with van der Waals surface area (Å²) in [6, 6.07) is 3.06. The zero-order valence-corrected chi connectivity index (χ0v) is 10.4. The van der Waals surface area contributed by atoms with Gasteiger partial charge in [0.1, 0.15) is 0 Å². The lowest BCUT2D eigenvalue weighted by Crippen LogP contribution is -2.36. The lowest BCUT2D eigenvalue weighted by molar-refractivity contribution is 0.268. The molecule has 1 aliphatic carbocycles. The van der Waals surface area contributed by atoms with Crippen LogP contribution in [0.5, 0.6) is 0 Å². The third kappa shape index (κ3) is 2.88. The third-order valence-corrected chi connectivity index (χ3v) is 3.91. The molecule has 1 heterocycles. The predicted octanol–water partition coefficient (Wildman–Crippen LogP) is 3.90. The van der Waals surface area contributed by atoms with E-state index in [1.807, 2.05) is 12.3 Å². The summed E-state index contributed by atoms with van der Waals surface area (Å²) in [5, 5.41) is 3.69. The lowest BCUT2D eigenvalue weighted by atomic mass is 9.84. The van der Waals surface area contributed by atoms with Gasteiger partial charge in [-0.05, 0) is 38.7 Å². The van der Waals surface area contributed by atoms with Crippen LogP contribution in [0.4, 0.5) is 0 Å². The Bertz CT molecular complexity index is 288. The first-order valence-electron chi connectivity index (χ1n) is 6.55. The van der Waals surface area contributed by atoms with Crippen LogP contribution in [-0.2, 0) is 0 Å². The Labute approximate surface area is 98.4 Å². The Morgan fingerprint density at radius 1 is 1.25 bits per heavy atom. The molecular weight excluding hydrogens is 198 g/mol. The van der Waals surface area contributed by atoms with Crippen molar-refractivity contribution in [2.24, 2.45) is 5.92 Å². The minimum Gasteiger partial charge on any atom is -0.472 e. The number of nitrogens with one attached hydrogen (secondary N) is 1. The van der Waals surface area contributed by atoms with E-state index in [1.54, 1.807) is 6.26 Å². The summed E-state index contributed by atoms with van der Waals surface area (Å²) in [6.45, 7) is 4.54. The zero-order chi connectivity index (χ0) is 11.4. The van der Waals surface area contributed by atoms with E-state index in [-0.39, 0.29) is 0 Å². The molecule has 2 heteroatoms. The van der Waals surface area contributed by atoms with Crippen molar-refractivity contribution >= 4 is 0 Å². The largest absolute Gasteiger partial charge is 0.472 e. The predicted molar refractivity (Wildman–Crippen MR) is 66.3 cm³/mol. The summed E-state index contributed by atoms with van der Waals surface area (Å²) in [7, 11) is 0. The van der Waals surface area contributed by atoms with E-state index in [1.165, 1.54) is 37.7 Å². The third-order valence-electron chi connectivity index (χ3n) is 3.91. The van der Waals surface area contributed by atoms with Gasteiger partial charge in [-0.1, -0.05) is 19.3 Å². The maximum absolute atomic E-state index is 5.12. The van der Waals surface area contributed by atoms with Crippen molar-refractivity contribution in [3.05, 3.63) is 24.2 Å². The fourth-order valence-corrected chi connectivity index (χ4v) is 2.78. The van der Waals surface area contributed by atoms with Gasteiger partial charge in [-0.25, -0.2) is 0 Å². The number of rotatable bonds is 4. The summed E-state index contributed by atoms with van der Waals surface area (Å²) < 4.78 is 5.12. The van der Waals surface area contributed by atoms with Crippen LogP contribution < -0.4 is 5.32 Å². The van der Waals surface area contributed by atoms with Gasteiger partial charge in [0.25, 0.3) is 0 Å². The van der Waals surface area contributed by atoms with E-state index in [0.717, 1.165) is 5.92 Å². The Morgan fingerprint density at radius 2 is 2.00 bits per heavy atom. The fraction of sp³-hybridized carbons (Fsp3) is 0.714. The standard InChI is InChI=1S/C14H23NO/c1-11(13-6-4-3-5-7-13)15-12(2)14-8-9-16-10-14/h8-13,15H,3-7H2,1-2H3/t11-,12?/m0/s1. The van der Waals surface area contributed by atoms with Crippen molar-refractivity contribution in [2.75, 3.05) is 0 Å². The molecule has 1 aromatic rings. The Kier molecular flexibility index (Phi) is 4.05. The van der Waals surface area contributed by atoms with E-state index >= 15 is 0 Å². The number of hydrogen-bond acceptors (Lipinski definition) is 2. The molecule has 1 aliphatic rings. The monoisotopic (exact) mass is 221 g/mol. The van der Waals surface area contributed by atoms with Crippen LogP contribution in [-0.4, -0.2) is 6.04 Å². The summed E-state index contributed by atoms with van der Waals surface area (Å²) in [5.74, 6) is 0.864. The summed E-state index contributed by atoms with van der Waals surface area (Å²) >= 11 is 0. The first kappa shape index (κ1) is 11.7. The van der Waals surface area contributed by atoms with Crippen molar-refractivity contribution < 1.29 is 4.42 Å². The van der Waals surface area contributed by atoms with E-state index < -0.39 is 0 Å². The van der Waals surface area contributed by atoms with Gasteiger partial charge >= 0.3 is 0 Å². The smallest absolute Gasteiger partial charge is 0.0950 e.